The van der Waals surface area contributed by atoms with E-state index in [0.29, 0.717) is 4.90 Å². The Kier molecular flexibility index (Phi) is 4.78. The van der Waals surface area contributed by atoms with Crippen LogP contribution in [0.1, 0.15) is 40.5 Å². The molecular weight excluding hydrogens is 370 g/mol. The highest BCUT2D eigenvalue weighted by molar-refractivity contribution is 7.89. The second-order valence-corrected chi connectivity index (χ2v) is 9.74. The van der Waals surface area contributed by atoms with Gasteiger partial charge in [-0.3, -0.25) is 0 Å². The van der Waals surface area contributed by atoms with Crippen molar-refractivity contribution >= 4 is 32.7 Å². The molecule has 3 aromatic rings. The quantitative estimate of drug-likeness (QED) is 0.684. The first-order chi connectivity index (χ1) is 12.1. The second kappa shape index (κ2) is 7.03. The van der Waals surface area contributed by atoms with Crippen LogP contribution in [0.15, 0.2) is 57.4 Å². The van der Waals surface area contributed by atoms with E-state index in [1.807, 2.05) is 46.5 Å². The largest absolute Gasteiger partial charge is 0.241 e. The minimum absolute atomic E-state index is 0.340. The van der Waals surface area contributed by atoms with Crippen LogP contribution < -0.4 is 4.72 Å². The highest BCUT2D eigenvalue weighted by Crippen LogP contribution is 2.30. The van der Waals surface area contributed by atoms with Gasteiger partial charge in [0.05, 0.1) is 10.9 Å². The van der Waals surface area contributed by atoms with Gasteiger partial charge in [0.25, 0.3) is 0 Å². The van der Waals surface area contributed by atoms with Gasteiger partial charge in [-0.25, -0.2) is 8.42 Å². The summed E-state index contributed by atoms with van der Waals surface area (Å²) in [4.78, 5) is 1.37. The summed E-state index contributed by atoms with van der Waals surface area (Å²) in [5.74, 6) is 0. The zero-order valence-corrected chi connectivity index (χ0v) is 16.1. The Labute approximate surface area is 156 Å². The average molecular weight is 390 g/mol. The van der Waals surface area contributed by atoms with Crippen molar-refractivity contribution in [3.05, 3.63) is 74.1 Å². The van der Waals surface area contributed by atoms with Gasteiger partial charge < -0.3 is 0 Å². The fourth-order valence-electron chi connectivity index (χ4n) is 3.29. The number of fused-ring (bicyclic) bond motifs is 1. The summed E-state index contributed by atoms with van der Waals surface area (Å²) < 4.78 is 28.9. The summed E-state index contributed by atoms with van der Waals surface area (Å²) in [7, 11) is -3.58. The Bertz CT molecular complexity index is 910. The van der Waals surface area contributed by atoms with E-state index < -0.39 is 10.0 Å². The van der Waals surface area contributed by atoms with E-state index >= 15 is 0 Å². The highest BCUT2D eigenvalue weighted by atomic mass is 32.2. The summed E-state index contributed by atoms with van der Waals surface area (Å²) in [5.41, 5.74) is 3.45. The van der Waals surface area contributed by atoms with Crippen molar-refractivity contribution < 1.29 is 8.42 Å². The van der Waals surface area contributed by atoms with E-state index in [0.717, 1.165) is 29.7 Å². The van der Waals surface area contributed by atoms with Gasteiger partial charge in [-0.1, -0.05) is 12.1 Å². The van der Waals surface area contributed by atoms with Gasteiger partial charge in [0.2, 0.25) is 10.0 Å². The molecule has 0 aliphatic heterocycles. The lowest BCUT2D eigenvalue weighted by Gasteiger charge is -2.19. The molecule has 130 valence electrons. The zero-order chi connectivity index (χ0) is 17.3. The number of thiophene rings is 2. The van der Waals surface area contributed by atoms with Crippen LogP contribution in [0.5, 0.6) is 0 Å². The van der Waals surface area contributed by atoms with Crippen molar-refractivity contribution in [2.75, 3.05) is 0 Å². The number of rotatable bonds is 5. The van der Waals surface area contributed by atoms with E-state index in [1.165, 1.54) is 17.5 Å². The minimum atomic E-state index is -3.58. The Morgan fingerprint density at radius 2 is 1.84 bits per heavy atom. The monoisotopic (exact) mass is 389 g/mol. The van der Waals surface area contributed by atoms with E-state index in [9.17, 15) is 8.42 Å². The first-order valence-corrected chi connectivity index (χ1v) is 11.6. The van der Waals surface area contributed by atoms with Crippen LogP contribution in [0.3, 0.4) is 0 Å². The maximum atomic E-state index is 13.0. The summed E-state index contributed by atoms with van der Waals surface area (Å²) in [6.07, 6.45) is 4.35. The Hall–Kier alpha value is -1.47. The lowest BCUT2D eigenvalue weighted by atomic mass is 9.92. The molecule has 2 heterocycles. The van der Waals surface area contributed by atoms with Crippen molar-refractivity contribution in [3.8, 4) is 0 Å². The molecule has 2 aromatic heterocycles. The average Bonchev–Trinajstić information content (AvgIpc) is 3.33. The molecule has 0 spiro atoms. The number of hydrogen-bond acceptors (Lipinski definition) is 4. The van der Waals surface area contributed by atoms with Crippen LogP contribution in [0.2, 0.25) is 0 Å². The van der Waals surface area contributed by atoms with Crippen molar-refractivity contribution in [1.29, 1.82) is 0 Å². The van der Waals surface area contributed by atoms with Gasteiger partial charge in [0.1, 0.15) is 0 Å². The Balaban J connectivity index is 1.67. The number of nitrogens with one attached hydrogen (secondary N) is 1. The molecule has 0 saturated heterocycles. The lowest BCUT2D eigenvalue weighted by Crippen LogP contribution is -2.29. The van der Waals surface area contributed by atoms with Crippen molar-refractivity contribution in [3.63, 3.8) is 0 Å². The predicted octanol–water partition coefficient (Wildman–Crippen LogP) is 4.76. The van der Waals surface area contributed by atoms with Crippen LogP contribution in [-0.4, -0.2) is 8.42 Å². The molecule has 0 radical (unpaired) electrons. The molecule has 1 atom stereocenters. The van der Waals surface area contributed by atoms with Gasteiger partial charge in [-0.15, -0.1) is 11.3 Å². The third kappa shape index (κ3) is 3.58. The molecule has 1 aliphatic carbocycles. The smallest absolute Gasteiger partial charge is 0.207 e. The van der Waals surface area contributed by atoms with Gasteiger partial charge >= 0.3 is 0 Å². The number of hydrogen-bond donors (Lipinski definition) is 1. The molecule has 1 N–H and O–H groups in total. The molecule has 1 unspecified atom stereocenters. The fraction of sp³-hybridized carbons (Fsp3) is 0.263. The minimum Gasteiger partial charge on any atom is -0.207 e. The van der Waals surface area contributed by atoms with Crippen molar-refractivity contribution in [2.45, 2.75) is 36.6 Å². The summed E-state index contributed by atoms with van der Waals surface area (Å²) in [6.45, 7) is 0. The summed E-state index contributed by atoms with van der Waals surface area (Å²) >= 11 is 3.14. The van der Waals surface area contributed by atoms with Crippen molar-refractivity contribution in [2.24, 2.45) is 0 Å². The lowest BCUT2D eigenvalue weighted by molar-refractivity contribution is 0.573. The topological polar surface area (TPSA) is 46.2 Å². The molecule has 0 bridgehead atoms. The third-order valence-electron chi connectivity index (χ3n) is 4.61. The second-order valence-electron chi connectivity index (χ2n) is 6.26. The van der Waals surface area contributed by atoms with Gasteiger partial charge in [-0.2, -0.15) is 16.1 Å². The molecule has 6 heteroatoms. The summed E-state index contributed by atoms with van der Waals surface area (Å²) in [5, 5.41) is 5.95. The molecule has 0 fully saturated rings. The number of aryl methyl sites for hydroxylation is 2. The molecule has 0 amide bonds. The molecule has 0 saturated carbocycles. The van der Waals surface area contributed by atoms with Crippen LogP contribution in [0.25, 0.3) is 0 Å². The van der Waals surface area contributed by atoms with Crippen molar-refractivity contribution in [1.82, 2.24) is 4.72 Å². The first kappa shape index (κ1) is 17.0. The molecule has 1 aliphatic rings. The fourth-order valence-corrected chi connectivity index (χ4v) is 6.10. The normalized spacial score (nSPS) is 15.7. The summed E-state index contributed by atoms with van der Waals surface area (Å²) in [6, 6.07) is 11.1. The van der Waals surface area contributed by atoms with Gasteiger partial charge in [-0.05, 0) is 82.8 Å². The Morgan fingerprint density at radius 1 is 1.00 bits per heavy atom. The maximum absolute atomic E-state index is 13.0. The van der Waals surface area contributed by atoms with Crippen LogP contribution in [-0.2, 0) is 22.9 Å². The van der Waals surface area contributed by atoms with Crippen LogP contribution in [0, 0.1) is 0 Å². The Morgan fingerprint density at radius 3 is 2.56 bits per heavy atom. The molecule has 4 rings (SSSR count). The van der Waals surface area contributed by atoms with E-state index in [-0.39, 0.29) is 6.04 Å². The highest BCUT2D eigenvalue weighted by Gasteiger charge is 2.25. The molecular formula is C19H19NO2S3. The maximum Gasteiger partial charge on any atom is 0.241 e. The van der Waals surface area contributed by atoms with E-state index in [2.05, 4.69) is 4.72 Å². The van der Waals surface area contributed by atoms with Crippen LogP contribution >= 0.6 is 22.7 Å². The SMILES string of the molecule is O=S(=O)(NC(c1ccsc1)c1cccs1)c1ccc2c(c1)CCCC2. The van der Waals surface area contributed by atoms with Gasteiger partial charge in [0, 0.05) is 4.88 Å². The number of sulfonamides is 1. The first-order valence-electron chi connectivity index (χ1n) is 8.33. The zero-order valence-electron chi connectivity index (χ0n) is 13.6. The number of benzene rings is 1. The van der Waals surface area contributed by atoms with E-state index in [1.54, 1.807) is 28.7 Å². The predicted molar refractivity (Wildman–Crippen MR) is 104 cm³/mol. The van der Waals surface area contributed by atoms with E-state index in [4.69, 9.17) is 0 Å². The third-order valence-corrected chi connectivity index (χ3v) is 7.67. The van der Waals surface area contributed by atoms with Gasteiger partial charge in [0.15, 0.2) is 0 Å². The van der Waals surface area contributed by atoms with Crippen LogP contribution in [0.4, 0.5) is 0 Å². The molecule has 25 heavy (non-hydrogen) atoms. The molecule has 3 nitrogen and oxygen atoms in total. The standard InChI is InChI=1S/C19H19NO2S3/c21-25(22,17-8-7-14-4-1-2-5-15(14)12-17)20-19(16-9-11-23-13-16)18-6-3-10-24-18/h3,6-13,19-20H,1-2,4-5H2. The molecule has 1 aromatic carbocycles.